The van der Waals surface area contributed by atoms with Crippen LogP contribution < -0.4 is 11.1 Å². The molecule has 156 valence electrons. The van der Waals surface area contributed by atoms with Gasteiger partial charge in [-0.05, 0) is 78.8 Å². The van der Waals surface area contributed by atoms with Crippen molar-refractivity contribution in [1.82, 2.24) is 15.1 Å². The van der Waals surface area contributed by atoms with Crippen LogP contribution in [-0.4, -0.2) is 45.7 Å². The lowest BCUT2D eigenvalue weighted by molar-refractivity contribution is 0.0560. The molecular weight excluding hydrogens is 362 g/mol. The van der Waals surface area contributed by atoms with Crippen molar-refractivity contribution in [3.05, 3.63) is 17.5 Å². The highest BCUT2D eigenvalue weighted by Gasteiger charge is 2.25. The summed E-state index contributed by atoms with van der Waals surface area (Å²) in [6.07, 6.45) is 2.75. The van der Waals surface area contributed by atoms with Crippen LogP contribution in [0.2, 0.25) is 0 Å². The SMILES string of the molecule is CC(C)(C)OC(=O)/N=C(/NC(=O)OC(C)(C)C)n1cc2c(n1)CCC(CN)C2. The highest BCUT2D eigenvalue weighted by atomic mass is 16.6. The van der Waals surface area contributed by atoms with Crippen LogP contribution >= 0.6 is 0 Å². The minimum Gasteiger partial charge on any atom is -0.444 e. The number of hydrogen-bond donors (Lipinski definition) is 2. The van der Waals surface area contributed by atoms with E-state index >= 15 is 0 Å². The van der Waals surface area contributed by atoms with Gasteiger partial charge in [-0.3, -0.25) is 5.32 Å². The van der Waals surface area contributed by atoms with E-state index in [1.54, 1.807) is 47.7 Å². The van der Waals surface area contributed by atoms with Crippen molar-refractivity contribution in [2.45, 2.75) is 72.0 Å². The minimum absolute atomic E-state index is 0.0674. The predicted molar refractivity (Wildman–Crippen MR) is 105 cm³/mol. The minimum atomic E-state index is -0.827. The maximum atomic E-state index is 12.2. The van der Waals surface area contributed by atoms with E-state index in [0.29, 0.717) is 12.5 Å². The Morgan fingerprint density at radius 2 is 1.89 bits per heavy atom. The zero-order chi connectivity index (χ0) is 21.1. The molecule has 0 bridgehead atoms. The van der Waals surface area contributed by atoms with Gasteiger partial charge in [0.1, 0.15) is 11.2 Å². The maximum absolute atomic E-state index is 12.2. The number of hydrogen-bond acceptors (Lipinski definition) is 6. The summed E-state index contributed by atoms with van der Waals surface area (Å²) in [5.41, 5.74) is 6.32. The molecule has 2 amide bonds. The summed E-state index contributed by atoms with van der Waals surface area (Å²) in [5.74, 6) is 0.331. The van der Waals surface area contributed by atoms with Gasteiger partial charge < -0.3 is 15.2 Å². The number of fused-ring (bicyclic) bond motifs is 1. The number of nitrogens with two attached hydrogens (primary N) is 1. The van der Waals surface area contributed by atoms with Gasteiger partial charge in [-0.2, -0.15) is 5.10 Å². The number of ether oxygens (including phenoxy) is 2. The van der Waals surface area contributed by atoms with E-state index in [4.69, 9.17) is 15.2 Å². The fraction of sp³-hybridized carbons (Fsp3) is 0.684. The Bertz CT molecular complexity index is 755. The third-order valence-corrected chi connectivity index (χ3v) is 3.93. The molecule has 0 saturated carbocycles. The van der Waals surface area contributed by atoms with E-state index in [0.717, 1.165) is 30.5 Å². The van der Waals surface area contributed by atoms with Crippen LogP contribution in [0.25, 0.3) is 0 Å². The fourth-order valence-electron chi connectivity index (χ4n) is 2.79. The third-order valence-electron chi connectivity index (χ3n) is 3.93. The molecule has 0 fully saturated rings. The standard InChI is InChI=1S/C19H31N5O4/c1-18(2,3)27-16(25)21-15(22-17(26)28-19(4,5)6)24-11-13-9-12(10-20)7-8-14(13)23-24/h11-12H,7-10,20H2,1-6H3,(H,21,22,25,26). The summed E-state index contributed by atoms with van der Waals surface area (Å²) in [6.45, 7) is 11.1. The molecule has 0 aromatic carbocycles. The second-order valence-electron chi connectivity index (χ2n) is 8.93. The van der Waals surface area contributed by atoms with Gasteiger partial charge in [0.05, 0.1) is 5.69 Å². The lowest BCUT2D eigenvalue weighted by atomic mass is 9.88. The molecule has 28 heavy (non-hydrogen) atoms. The zero-order valence-corrected chi connectivity index (χ0v) is 17.5. The summed E-state index contributed by atoms with van der Waals surface area (Å²) < 4.78 is 11.9. The topological polar surface area (TPSA) is 121 Å². The van der Waals surface area contributed by atoms with Crippen molar-refractivity contribution in [2.24, 2.45) is 16.6 Å². The normalized spacial score (nSPS) is 17.7. The summed E-state index contributed by atoms with van der Waals surface area (Å²) in [4.78, 5) is 28.3. The maximum Gasteiger partial charge on any atom is 0.437 e. The summed E-state index contributed by atoms with van der Waals surface area (Å²) in [5, 5.41) is 6.99. The second-order valence-corrected chi connectivity index (χ2v) is 8.93. The van der Waals surface area contributed by atoms with Gasteiger partial charge in [-0.1, -0.05) is 0 Å². The van der Waals surface area contributed by atoms with E-state index in [1.807, 2.05) is 0 Å². The smallest absolute Gasteiger partial charge is 0.437 e. The number of aliphatic imine (C=N–C) groups is 1. The number of rotatable bonds is 1. The first-order valence-corrected chi connectivity index (χ1v) is 9.46. The molecule has 1 atom stereocenters. The van der Waals surface area contributed by atoms with Crippen molar-refractivity contribution in [3.63, 3.8) is 0 Å². The zero-order valence-electron chi connectivity index (χ0n) is 17.5. The molecular formula is C19H31N5O4. The van der Waals surface area contributed by atoms with Crippen LogP contribution in [0.1, 0.15) is 59.2 Å². The second kappa shape index (κ2) is 8.30. The molecule has 1 aromatic rings. The number of carbonyl (C=O) groups excluding carboxylic acids is 2. The van der Waals surface area contributed by atoms with Crippen molar-refractivity contribution >= 4 is 18.1 Å². The van der Waals surface area contributed by atoms with Gasteiger partial charge in [-0.25, -0.2) is 14.3 Å². The molecule has 9 heteroatoms. The lowest BCUT2D eigenvalue weighted by Gasteiger charge is -2.20. The highest BCUT2D eigenvalue weighted by molar-refractivity contribution is 5.99. The van der Waals surface area contributed by atoms with Crippen LogP contribution in [0.4, 0.5) is 9.59 Å². The fourth-order valence-corrected chi connectivity index (χ4v) is 2.79. The quantitative estimate of drug-likeness (QED) is 0.559. The van der Waals surface area contributed by atoms with Gasteiger partial charge in [-0.15, -0.1) is 4.99 Å². The van der Waals surface area contributed by atoms with E-state index in [1.165, 1.54) is 4.68 Å². The highest BCUT2D eigenvalue weighted by Crippen LogP contribution is 2.23. The first kappa shape index (κ1) is 21.9. The van der Waals surface area contributed by atoms with Gasteiger partial charge in [0.2, 0.25) is 5.96 Å². The van der Waals surface area contributed by atoms with Gasteiger partial charge >= 0.3 is 12.2 Å². The number of carbonyl (C=O) groups is 2. The summed E-state index contributed by atoms with van der Waals surface area (Å²) in [7, 11) is 0. The molecule has 0 spiro atoms. The van der Waals surface area contributed by atoms with Crippen LogP contribution in [0.3, 0.4) is 0 Å². The number of aromatic nitrogens is 2. The number of amides is 2. The lowest BCUT2D eigenvalue weighted by Crippen LogP contribution is -2.40. The summed E-state index contributed by atoms with van der Waals surface area (Å²) in [6, 6.07) is 0. The molecule has 1 unspecified atom stereocenters. The molecule has 0 aliphatic heterocycles. The van der Waals surface area contributed by atoms with E-state index < -0.39 is 23.4 Å². The van der Waals surface area contributed by atoms with Gasteiger partial charge in [0, 0.05) is 6.20 Å². The van der Waals surface area contributed by atoms with Crippen molar-refractivity contribution in [3.8, 4) is 0 Å². The predicted octanol–water partition coefficient (Wildman–Crippen LogP) is 2.61. The number of aryl methyl sites for hydroxylation is 1. The van der Waals surface area contributed by atoms with E-state index in [-0.39, 0.29) is 5.96 Å². The van der Waals surface area contributed by atoms with Crippen LogP contribution in [-0.2, 0) is 22.3 Å². The average molecular weight is 393 g/mol. The van der Waals surface area contributed by atoms with Gasteiger partial charge in [0.15, 0.2) is 0 Å². The Balaban J connectivity index is 2.29. The molecule has 2 rings (SSSR count). The van der Waals surface area contributed by atoms with E-state index in [9.17, 15) is 9.59 Å². The Morgan fingerprint density at radius 1 is 1.25 bits per heavy atom. The molecule has 9 nitrogen and oxygen atoms in total. The molecule has 1 heterocycles. The largest absolute Gasteiger partial charge is 0.444 e. The van der Waals surface area contributed by atoms with Crippen molar-refractivity contribution in [2.75, 3.05) is 6.54 Å². The van der Waals surface area contributed by atoms with Crippen molar-refractivity contribution < 1.29 is 19.1 Å². The number of nitrogens with zero attached hydrogens (tertiary/aromatic N) is 3. The Morgan fingerprint density at radius 3 is 2.46 bits per heavy atom. The van der Waals surface area contributed by atoms with E-state index in [2.05, 4.69) is 15.4 Å². The molecule has 0 saturated heterocycles. The average Bonchev–Trinajstić information content (AvgIpc) is 2.93. The third kappa shape index (κ3) is 6.63. The summed E-state index contributed by atoms with van der Waals surface area (Å²) >= 11 is 0. The number of nitrogens with one attached hydrogen (secondary N) is 1. The van der Waals surface area contributed by atoms with Crippen LogP contribution in [0.15, 0.2) is 11.2 Å². The van der Waals surface area contributed by atoms with Crippen LogP contribution in [0.5, 0.6) is 0 Å². The monoisotopic (exact) mass is 393 g/mol. The number of alkyl carbamates (subject to hydrolysis) is 1. The van der Waals surface area contributed by atoms with Crippen molar-refractivity contribution in [1.29, 1.82) is 0 Å². The molecule has 0 radical (unpaired) electrons. The Labute approximate surface area is 165 Å². The Hall–Kier alpha value is -2.42. The van der Waals surface area contributed by atoms with Crippen LogP contribution in [0, 0.1) is 5.92 Å². The molecule has 1 aromatic heterocycles. The molecule has 1 aliphatic carbocycles. The molecule has 3 N–H and O–H groups in total. The molecule has 1 aliphatic rings. The first-order chi connectivity index (χ1) is 12.9. The first-order valence-electron chi connectivity index (χ1n) is 9.46. The van der Waals surface area contributed by atoms with Gasteiger partial charge in [0.25, 0.3) is 0 Å². The Kier molecular flexibility index (Phi) is 6.48.